The molecule has 6 heteroatoms. The lowest BCUT2D eigenvalue weighted by molar-refractivity contribution is -0.116. The lowest BCUT2D eigenvalue weighted by Crippen LogP contribution is -2.40. The molecule has 1 N–H and O–H groups in total. The Kier molecular flexibility index (Phi) is 4.23. The molecule has 0 fully saturated rings. The second kappa shape index (κ2) is 6.68. The van der Waals surface area contributed by atoms with Gasteiger partial charge in [0.1, 0.15) is 0 Å². The molecular weight excluding hydrogens is 409 g/mol. The van der Waals surface area contributed by atoms with Crippen LogP contribution >= 0.6 is 23.2 Å². The summed E-state index contributed by atoms with van der Waals surface area (Å²) < 4.78 is 0. The van der Waals surface area contributed by atoms with Gasteiger partial charge in [0.15, 0.2) is 11.6 Å². The number of carbonyl (C=O) groups excluding carboxylic acids is 3. The fourth-order valence-electron chi connectivity index (χ4n) is 4.44. The molecular formula is C23H15Cl2NO3. The van der Waals surface area contributed by atoms with E-state index < -0.39 is 5.92 Å². The van der Waals surface area contributed by atoms with E-state index in [1.54, 1.807) is 42.5 Å². The van der Waals surface area contributed by atoms with Crippen LogP contribution < -0.4 is 5.32 Å². The number of hydrogen-bond donors (Lipinski definition) is 1. The molecule has 1 aliphatic heterocycles. The summed E-state index contributed by atoms with van der Waals surface area (Å²) in [5.74, 6) is -1.14. The highest BCUT2D eigenvalue weighted by Crippen LogP contribution is 2.46. The van der Waals surface area contributed by atoms with Gasteiger partial charge in [-0.1, -0.05) is 53.5 Å². The van der Waals surface area contributed by atoms with Crippen molar-refractivity contribution in [2.24, 2.45) is 0 Å². The predicted molar refractivity (Wildman–Crippen MR) is 110 cm³/mol. The second-order valence-corrected chi connectivity index (χ2v) is 8.21. The number of carbonyl (C=O) groups is 3. The van der Waals surface area contributed by atoms with E-state index in [4.69, 9.17) is 23.2 Å². The van der Waals surface area contributed by atoms with Gasteiger partial charge in [-0.3, -0.25) is 14.4 Å². The molecule has 0 spiro atoms. The zero-order valence-corrected chi connectivity index (χ0v) is 16.7. The number of rotatable bonds is 1. The van der Waals surface area contributed by atoms with Gasteiger partial charge in [-0.2, -0.15) is 0 Å². The molecule has 0 saturated heterocycles. The van der Waals surface area contributed by atoms with E-state index >= 15 is 0 Å². The van der Waals surface area contributed by atoms with Crippen LogP contribution in [0, 0.1) is 0 Å². The van der Waals surface area contributed by atoms with Crippen molar-refractivity contribution in [3.05, 3.63) is 91.7 Å². The summed E-state index contributed by atoms with van der Waals surface area (Å²) in [7, 11) is 0. The zero-order chi connectivity index (χ0) is 20.3. The minimum atomic E-state index is -0.645. The van der Waals surface area contributed by atoms with E-state index in [0.29, 0.717) is 57.1 Å². The van der Waals surface area contributed by atoms with Crippen molar-refractivity contribution < 1.29 is 14.4 Å². The molecule has 2 aliphatic carbocycles. The smallest absolute Gasteiger partial charge is 0.210 e. The van der Waals surface area contributed by atoms with Gasteiger partial charge >= 0.3 is 0 Å². The fourth-order valence-corrected chi connectivity index (χ4v) is 4.75. The van der Waals surface area contributed by atoms with E-state index in [0.717, 1.165) is 5.70 Å². The Hall–Kier alpha value is -2.69. The molecule has 5 rings (SSSR count). The summed E-state index contributed by atoms with van der Waals surface area (Å²) in [6.07, 6.45) is 1.78. The molecule has 0 saturated carbocycles. The molecule has 0 aromatic heterocycles. The molecule has 0 bridgehead atoms. The highest BCUT2D eigenvalue weighted by Gasteiger charge is 2.44. The quantitative estimate of drug-likeness (QED) is 0.698. The molecule has 3 aliphatic rings. The van der Waals surface area contributed by atoms with Crippen LogP contribution in [0.15, 0.2) is 65.0 Å². The number of hydrogen-bond acceptors (Lipinski definition) is 4. The van der Waals surface area contributed by atoms with Crippen molar-refractivity contribution in [3.63, 3.8) is 0 Å². The van der Waals surface area contributed by atoms with Crippen molar-refractivity contribution in [2.75, 3.05) is 0 Å². The standard InChI is InChI=1S/C23H15Cl2NO3/c24-14-9-8-11(10-15(14)25)18-19-16(6-3-7-17(19)27)26-21-20(18)22(28)12-4-1-2-5-13(12)23(21)29/h1-2,4-5,8-10,18,26H,3,6-7H2. The van der Waals surface area contributed by atoms with Crippen molar-refractivity contribution in [2.45, 2.75) is 25.2 Å². The third kappa shape index (κ3) is 2.70. The Morgan fingerprint density at radius 2 is 1.55 bits per heavy atom. The lowest BCUT2D eigenvalue weighted by Gasteiger charge is -2.37. The second-order valence-electron chi connectivity index (χ2n) is 7.39. The zero-order valence-electron chi connectivity index (χ0n) is 15.2. The highest BCUT2D eigenvalue weighted by atomic mass is 35.5. The van der Waals surface area contributed by atoms with Crippen LogP contribution in [0.4, 0.5) is 0 Å². The summed E-state index contributed by atoms with van der Waals surface area (Å²) in [6, 6.07) is 11.9. The average Bonchev–Trinajstić information content (AvgIpc) is 2.73. The maximum atomic E-state index is 13.5. The maximum Gasteiger partial charge on any atom is 0.210 e. The Labute approximate surface area is 177 Å². The SMILES string of the molecule is O=C1CCCC2=C1C(c1ccc(Cl)c(Cl)c1)C1=C(N2)C(=O)c2ccccc2C1=O. The molecule has 0 amide bonds. The first-order valence-corrected chi connectivity index (χ1v) is 10.1. The Bertz CT molecular complexity index is 1190. The lowest BCUT2D eigenvalue weighted by atomic mass is 9.70. The van der Waals surface area contributed by atoms with E-state index in [1.165, 1.54) is 0 Å². The van der Waals surface area contributed by atoms with Crippen LogP contribution in [-0.2, 0) is 4.79 Å². The normalized spacial score (nSPS) is 20.9. The molecule has 144 valence electrons. The summed E-state index contributed by atoms with van der Waals surface area (Å²) in [5.41, 5.74) is 3.25. The number of allylic oxidation sites excluding steroid dienone is 4. The molecule has 1 heterocycles. The molecule has 1 atom stereocenters. The first kappa shape index (κ1) is 18.3. The number of ketones is 3. The van der Waals surface area contributed by atoms with Gasteiger partial charge in [0.05, 0.1) is 15.7 Å². The summed E-state index contributed by atoms with van der Waals surface area (Å²) in [6.45, 7) is 0. The predicted octanol–water partition coefficient (Wildman–Crippen LogP) is 5.02. The van der Waals surface area contributed by atoms with Crippen molar-refractivity contribution in [3.8, 4) is 0 Å². The van der Waals surface area contributed by atoms with Crippen LogP contribution in [0.25, 0.3) is 0 Å². The highest BCUT2D eigenvalue weighted by molar-refractivity contribution is 6.42. The van der Waals surface area contributed by atoms with Gasteiger partial charge in [-0.25, -0.2) is 0 Å². The van der Waals surface area contributed by atoms with E-state index in [1.807, 2.05) is 0 Å². The molecule has 0 radical (unpaired) electrons. The fraction of sp³-hybridized carbons (Fsp3) is 0.174. The minimum absolute atomic E-state index is 0.0134. The molecule has 29 heavy (non-hydrogen) atoms. The van der Waals surface area contributed by atoms with Crippen molar-refractivity contribution in [1.82, 2.24) is 5.32 Å². The van der Waals surface area contributed by atoms with Gasteiger partial charge in [0.2, 0.25) is 5.78 Å². The molecule has 2 aromatic carbocycles. The van der Waals surface area contributed by atoms with Crippen LogP contribution in [0.3, 0.4) is 0 Å². The minimum Gasteiger partial charge on any atom is -0.355 e. The van der Waals surface area contributed by atoms with Crippen molar-refractivity contribution >= 4 is 40.6 Å². The van der Waals surface area contributed by atoms with Crippen LogP contribution in [0.1, 0.15) is 51.5 Å². The number of nitrogens with one attached hydrogen (secondary N) is 1. The molecule has 1 unspecified atom stereocenters. The third-order valence-corrected chi connectivity index (χ3v) is 6.48. The summed E-state index contributed by atoms with van der Waals surface area (Å²) in [4.78, 5) is 39.6. The first-order valence-electron chi connectivity index (χ1n) is 9.38. The van der Waals surface area contributed by atoms with E-state index in [2.05, 4.69) is 5.32 Å². The number of Topliss-reactive ketones (excluding diaryl/α,β-unsaturated/α-hetero) is 3. The van der Waals surface area contributed by atoms with Crippen LogP contribution in [0.5, 0.6) is 0 Å². The number of benzene rings is 2. The van der Waals surface area contributed by atoms with Gasteiger partial charge < -0.3 is 5.32 Å². The van der Waals surface area contributed by atoms with Gasteiger partial charge in [-0.05, 0) is 30.5 Å². The van der Waals surface area contributed by atoms with E-state index in [9.17, 15) is 14.4 Å². The first-order chi connectivity index (χ1) is 14.0. The number of fused-ring (bicyclic) bond motifs is 1. The number of halogens is 2. The van der Waals surface area contributed by atoms with Gasteiger partial charge in [0.25, 0.3) is 0 Å². The van der Waals surface area contributed by atoms with Gasteiger partial charge in [-0.15, -0.1) is 0 Å². The maximum absolute atomic E-state index is 13.5. The monoisotopic (exact) mass is 423 g/mol. The van der Waals surface area contributed by atoms with Crippen LogP contribution in [0.2, 0.25) is 10.0 Å². The largest absolute Gasteiger partial charge is 0.355 e. The van der Waals surface area contributed by atoms with Crippen LogP contribution in [-0.4, -0.2) is 17.3 Å². The Morgan fingerprint density at radius 1 is 0.828 bits per heavy atom. The Balaban J connectivity index is 1.78. The number of dihydropyridines is 1. The topological polar surface area (TPSA) is 63.2 Å². The van der Waals surface area contributed by atoms with Gasteiger partial charge in [0, 0.05) is 40.3 Å². The van der Waals surface area contributed by atoms with Crippen molar-refractivity contribution in [1.29, 1.82) is 0 Å². The molecule has 2 aromatic rings. The third-order valence-electron chi connectivity index (χ3n) is 5.74. The summed E-state index contributed by atoms with van der Waals surface area (Å²) in [5, 5.41) is 3.87. The Morgan fingerprint density at radius 3 is 2.28 bits per heavy atom. The van der Waals surface area contributed by atoms with E-state index in [-0.39, 0.29) is 23.0 Å². The average molecular weight is 424 g/mol. The summed E-state index contributed by atoms with van der Waals surface area (Å²) >= 11 is 12.3. The molecule has 4 nitrogen and oxygen atoms in total.